The Kier molecular flexibility index (Phi) is 2.51. The van der Waals surface area contributed by atoms with Crippen molar-refractivity contribution in [3.63, 3.8) is 0 Å². The zero-order valence-corrected chi connectivity index (χ0v) is 8.48. The third kappa shape index (κ3) is 2.12. The molecule has 0 bridgehead atoms. The van der Waals surface area contributed by atoms with Gasteiger partial charge in [-0.3, -0.25) is 0 Å². The molecule has 72 valence electrons. The van der Waals surface area contributed by atoms with Gasteiger partial charge < -0.3 is 5.73 Å². The monoisotopic (exact) mass is 220 g/mol. The van der Waals surface area contributed by atoms with Gasteiger partial charge in [0.15, 0.2) is 0 Å². The van der Waals surface area contributed by atoms with Crippen LogP contribution in [0, 0.1) is 6.92 Å². The number of benzene rings is 1. The van der Waals surface area contributed by atoms with Gasteiger partial charge in [0.05, 0.1) is 5.02 Å². The van der Waals surface area contributed by atoms with Gasteiger partial charge in [-0.05, 0) is 24.6 Å². The summed E-state index contributed by atoms with van der Waals surface area (Å²) in [6.07, 6.45) is 0. The number of nitrogens with two attached hydrogens (primary N) is 2. The minimum Gasteiger partial charge on any atom is -0.399 e. The molecule has 0 radical (unpaired) electrons. The van der Waals surface area contributed by atoms with Gasteiger partial charge in [-0.25, -0.2) is 13.6 Å². The minimum absolute atomic E-state index is 0.122. The maximum Gasteiger partial charge on any atom is 0.239 e. The summed E-state index contributed by atoms with van der Waals surface area (Å²) in [6.45, 7) is 1.66. The predicted octanol–water partition coefficient (Wildman–Crippen LogP) is 0.878. The van der Waals surface area contributed by atoms with Gasteiger partial charge in [0.1, 0.15) is 4.90 Å². The summed E-state index contributed by atoms with van der Waals surface area (Å²) in [5.74, 6) is 0. The number of hydrogen-bond acceptors (Lipinski definition) is 3. The number of anilines is 1. The van der Waals surface area contributed by atoms with Crippen molar-refractivity contribution in [2.24, 2.45) is 5.14 Å². The maximum atomic E-state index is 11.0. The van der Waals surface area contributed by atoms with E-state index >= 15 is 0 Å². The molecule has 0 saturated heterocycles. The molecule has 0 aliphatic carbocycles. The molecule has 0 spiro atoms. The molecule has 0 atom stereocenters. The first kappa shape index (κ1) is 10.3. The molecular formula is C7H9ClN2O2S. The van der Waals surface area contributed by atoms with E-state index in [1.807, 2.05) is 0 Å². The molecule has 4 nitrogen and oxygen atoms in total. The lowest BCUT2D eigenvalue weighted by Gasteiger charge is -2.05. The summed E-state index contributed by atoms with van der Waals surface area (Å²) < 4.78 is 22.0. The molecule has 0 amide bonds. The van der Waals surface area contributed by atoms with Crippen LogP contribution in [0.15, 0.2) is 17.0 Å². The Balaban J connectivity index is 3.56. The maximum absolute atomic E-state index is 11.0. The molecule has 1 aromatic carbocycles. The van der Waals surface area contributed by atoms with E-state index in [1.165, 1.54) is 6.07 Å². The van der Waals surface area contributed by atoms with Gasteiger partial charge in [-0.1, -0.05) is 11.6 Å². The molecule has 0 aliphatic rings. The standard InChI is InChI=1S/C7H9ClN2O2S/c1-4-2-5(9)3-6(7(4)8)13(10,11)12/h2-3H,9H2,1H3,(H2,10,11,12). The van der Waals surface area contributed by atoms with Crippen LogP contribution in [0.4, 0.5) is 5.69 Å². The Labute approximate surface area is 81.5 Å². The van der Waals surface area contributed by atoms with E-state index in [0.717, 1.165) is 0 Å². The topological polar surface area (TPSA) is 86.2 Å². The second-order valence-corrected chi connectivity index (χ2v) is 4.60. The largest absolute Gasteiger partial charge is 0.399 e. The van der Waals surface area contributed by atoms with Crippen LogP contribution < -0.4 is 10.9 Å². The molecule has 0 heterocycles. The number of nitrogen functional groups attached to an aromatic ring is 1. The second-order valence-electron chi connectivity index (χ2n) is 2.69. The highest BCUT2D eigenvalue weighted by Crippen LogP contribution is 2.26. The smallest absolute Gasteiger partial charge is 0.239 e. The average molecular weight is 221 g/mol. The van der Waals surface area contributed by atoms with Crippen molar-refractivity contribution in [3.05, 3.63) is 22.7 Å². The van der Waals surface area contributed by atoms with Crippen molar-refractivity contribution in [2.45, 2.75) is 11.8 Å². The molecular weight excluding hydrogens is 212 g/mol. The normalized spacial score (nSPS) is 11.6. The van der Waals surface area contributed by atoms with Gasteiger partial charge in [0.25, 0.3) is 0 Å². The second kappa shape index (κ2) is 3.17. The summed E-state index contributed by atoms with van der Waals surface area (Å²) >= 11 is 5.74. The first-order valence-corrected chi connectivity index (χ1v) is 5.33. The Morgan fingerprint density at radius 2 is 1.92 bits per heavy atom. The fourth-order valence-electron chi connectivity index (χ4n) is 0.971. The number of sulfonamides is 1. The van der Waals surface area contributed by atoms with Gasteiger partial charge in [-0.2, -0.15) is 0 Å². The summed E-state index contributed by atoms with van der Waals surface area (Å²) in [5.41, 5.74) is 6.36. The lowest BCUT2D eigenvalue weighted by atomic mass is 10.2. The number of hydrogen-bond donors (Lipinski definition) is 2. The molecule has 1 rings (SSSR count). The van der Waals surface area contributed by atoms with Crippen LogP contribution in [0.2, 0.25) is 5.02 Å². The number of rotatable bonds is 1. The van der Waals surface area contributed by atoms with Crippen molar-refractivity contribution in [1.29, 1.82) is 0 Å². The van der Waals surface area contributed by atoms with E-state index in [0.29, 0.717) is 11.3 Å². The van der Waals surface area contributed by atoms with Crippen LogP contribution >= 0.6 is 11.6 Å². The Hall–Kier alpha value is -0.780. The lowest BCUT2D eigenvalue weighted by molar-refractivity contribution is 0.598. The SMILES string of the molecule is Cc1cc(N)cc(S(N)(=O)=O)c1Cl. The highest BCUT2D eigenvalue weighted by molar-refractivity contribution is 7.89. The first-order valence-electron chi connectivity index (χ1n) is 3.41. The van der Waals surface area contributed by atoms with E-state index in [4.69, 9.17) is 22.5 Å². The van der Waals surface area contributed by atoms with E-state index in [1.54, 1.807) is 13.0 Å². The van der Waals surface area contributed by atoms with Crippen LogP contribution in [0.5, 0.6) is 0 Å². The van der Waals surface area contributed by atoms with Gasteiger partial charge in [-0.15, -0.1) is 0 Å². The molecule has 4 N–H and O–H groups in total. The molecule has 0 saturated carbocycles. The van der Waals surface area contributed by atoms with Crippen molar-refractivity contribution in [2.75, 3.05) is 5.73 Å². The highest BCUT2D eigenvalue weighted by Gasteiger charge is 2.14. The van der Waals surface area contributed by atoms with Gasteiger partial charge in [0, 0.05) is 5.69 Å². The summed E-state index contributed by atoms with van der Waals surface area (Å²) in [7, 11) is -3.79. The van der Waals surface area contributed by atoms with E-state index in [-0.39, 0.29) is 9.92 Å². The first-order chi connectivity index (χ1) is 5.82. The lowest BCUT2D eigenvalue weighted by Crippen LogP contribution is -2.13. The quantitative estimate of drug-likeness (QED) is 0.689. The van der Waals surface area contributed by atoms with Crippen LogP contribution in [0.1, 0.15) is 5.56 Å². The number of aryl methyl sites for hydroxylation is 1. The highest BCUT2D eigenvalue weighted by atomic mass is 35.5. The van der Waals surface area contributed by atoms with Crippen molar-refractivity contribution >= 4 is 27.3 Å². The third-order valence-electron chi connectivity index (χ3n) is 1.55. The van der Waals surface area contributed by atoms with Crippen LogP contribution in [0.25, 0.3) is 0 Å². The fraction of sp³-hybridized carbons (Fsp3) is 0.143. The zero-order chi connectivity index (χ0) is 10.2. The zero-order valence-electron chi connectivity index (χ0n) is 6.91. The predicted molar refractivity (Wildman–Crippen MR) is 52.0 cm³/mol. The van der Waals surface area contributed by atoms with Gasteiger partial charge >= 0.3 is 0 Å². The van der Waals surface area contributed by atoms with Crippen LogP contribution in [0.3, 0.4) is 0 Å². The van der Waals surface area contributed by atoms with Crippen molar-refractivity contribution in [3.8, 4) is 0 Å². The molecule has 6 heteroatoms. The van der Waals surface area contributed by atoms with Gasteiger partial charge in [0.2, 0.25) is 10.0 Å². The summed E-state index contributed by atoms with van der Waals surface area (Å²) in [4.78, 5) is -0.133. The fourth-order valence-corrected chi connectivity index (χ4v) is 2.11. The van der Waals surface area contributed by atoms with Crippen LogP contribution in [-0.4, -0.2) is 8.42 Å². The molecule has 1 aromatic rings. The average Bonchev–Trinajstić information content (AvgIpc) is 1.94. The summed E-state index contributed by atoms with van der Waals surface area (Å²) in [5, 5.41) is 5.05. The van der Waals surface area contributed by atoms with E-state index in [2.05, 4.69) is 0 Å². The number of primary sulfonamides is 1. The molecule has 0 aromatic heterocycles. The number of halogens is 1. The Morgan fingerprint density at radius 1 is 1.38 bits per heavy atom. The van der Waals surface area contributed by atoms with E-state index in [9.17, 15) is 8.42 Å². The minimum atomic E-state index is -3.79. The molecule has 0 aliphatic heterocycles. The third-order valence-corrected chi connectivity index (χ3v) is 3.10. The molecule has 0 fully saturated rings. The van der Waals surface area contributed by atoms with Crippen molar-refractivity contribution in [1.82, 2.24) is 0 Å². The van der Waals surface area contributed by atoms with Crippen molar-refractivity contribution < 1.29 is 8.42 Å². The molecule has 13 heavy (non-hydrogen) atoms. The molecule has 0 unspecified atom stereocenters. The van der Waals surface area contributed by atoms with E-state index < -0.39 is 10.0 Å². The Morgan fingerprint density at radius 3 is 2.38 bits per heavy atom. The Bertz CT molecular complexity index is 442. The summed E-state index contributed by atoms with van der Waals surface area (Å²) in [6, 6.07) is 2.82. The van der Waals surface area contributed by atoms with Crippen LogP contribution in [-0.2, 0) is 10.0 Å².